The van der Waals surface area contributed by atoms with Crippen molar-refractivity contribution in [2.75, 3.05) is 20.2 Å². The Bertz CT molecular complexity index is 397. The molecule has 2 atom stereocenters. The first-order chi connectivity index (χ1) is 8.58. The molecule has 0 saturated carbocycles. The number of rotatable bonds is 3. The van der Waals surface area contributed by atoms with Crippen LogP contribution in [0.25, 0.3) is 0 Å². The minimum absolute atomic E-state index is 0.798. The van der Waals surface area contributed by atoms with Crippen LogP contribution in [0.4, 0.5) is 0 Å². The summed E-state index contributed by atoms with van der Waals surface area (Å²) in [6, 6.07) is 6.24. The number of piperidine rings is 1. The number of ether oxygens (including phenoxy) is 1. The van der Waals surface area contributed by atoms with E-state index in [9.17, 15) is 0 Å². The van der Waals surface area contributed by atoms with Gasteiger partial charge in [0.05, 0.1) is 7.11 Å². The summed E-state index contributed by atoms with van der Waals surface area (Å²) in [6.45, 7) is 8.07. The summed E-state index contributed by atoms with van der Waals surface area (Å²) in [5.41, 5.74) is 1.27. The number of likely N-dealkylation sites (tertiary alicyclic amines) is 1. The third-order valence-electron chi connectivity index (χ3n) is 3.58. The van der Waals surface area contributed by atoms with Crippen molar-refractivity contribution in [2.24, 2.45) is 11.8 Å². The van der Waals surface area contributed by atoms with E-state index in [-0.39, 0.29) is 0 Å². The molecule has 1 heterocycles. The van der Waals surface area contributed by atoms with Crippen molar-refractivity contribution in [2.45, 2.75) is 26.8 Å². The highest BCUT2D eigenvalue weighted by Gasteiger charge is 2.22. The molecule has 0 N–H and O–H groups in total. The van der Waals surface area contributed by atoms with E-state index < -0.39 is 0 Å². The number of halogens is 1. The lowest BCUT2D eigenvalue weighted by Crippen LogP contribution is -2.38. The molecule has 1 aromatic rings. The van der Waals surface area contributed by atoms with Gasteiger partial charge in [0.15, 0.2) is 0 Å². The minimum Gasteiger partial charge on any atom is -0.496 e. The Hall–Kier alpha value is -0.540. The average molecular weight is 312 g/mol. The Morgan fingerprint density at radius 2 is 1.94 bits per heavy atom. The molecule has 18 heavy (non-hydrogen) atoms. The summed E-state index contributed by atoms with van der Waals surface area (Å²) in [5.74, 6) is 2.59. The van der Waals surface area contributed by atoms with Crippen LogP contribution in [0.5, 0.6) is 5.75 Å². The fraction of sp³-hybridized carbons (Fsp3) is 0.600. The predicted molar refractivity (Wildman–Crippen MR) is 78.9 cm³/mol. The molecule has 0 bridgehead atoms. The maximum absolute atomic E-state index is 5.45. The van der Waals surface area contributed by atoms with Crippen molar-refractivity contribution in [3.8, 4) is 5.75 Å². The van der Waals surface area contributed by atoms with Crippen LogP contribution in [0.15, 0.2) is 22.7 Å². The Morgan fingerprint density at radius 1 is 1.28 bits per heavy atom. The van der Waals surface area contributed by atoms with Gasteiger partial charge in [-0.25, -0.2) is 0 Å². The van der Waals surface area contributed by atoms with Gasteiger partial charge in [-0.05, 0) is 36.5 Å². The van der Waals surface area contributed by atoms with Gasteiger partial charge >= 0.3 is 0 Å². The molecule has 0 aliphatic carbocycles. The van der Waals surface area contributed by atoms with Crippen LogP contribution in [-0.4, -0.2) is 25.1 Å². The normalized spacial score (nSPS) is 25.1. The van der Waals surface area contributed by atoms with Gasteiger partial charge in [0.1, 0.15) is 5.75 Å². The highest BCUT2D eigenvalue weighted by molar-refractivity contribution is 9.10. The van der Waals surface area contributed by atoms with Gasteiger partial charge in [-0.2, -0.15) is 0 Å². The summed E-state index contributed by atoms with van der Waals surface area (Å²) in [6.07, 6.45) is 1.35. The van der Waals surface area contributed by atoms with Crippen molar-refractivity contribution in [1.29, 1.82) is 0 Å². The van der Waals surface area contributed by atoms with E-state index in [0.29, 0.717) is 0 Å². The first kappa shape index (κ1) is 13.9. The lowest BCUT2D eigenvalue weighted by Gasteiger charge is -2.35. The van der Waals surface area contributed by atoms with Gasteiger partial charge in [0, 0.05) is 29.7 Å². The molecule has 0 aromatic heterocycles. The van der Waals surface area contributed by atoms with Crippen LogP contribution >= 0.6 is 15.9 Å². The minimum atomic E-state index is 0.798. The number of methoxy groups -OCH3 is 1. The Morgan fingerprint density at radius 3 is 2.56 bits per heavy atom. The van der Waals surface area contributed by atoms with Crippen LogP contribution in [0.2, 0.25) is 0 Å². The second-order valence-electron chi connectivity index (χ2n) is 5.60. The van der Waals surface area contributed by atoms with Gasteiger partial charge in [-0.15, -0.1) is 0 Å². The molecule has 0 unspecified atom stereocenters. The maximum Gasteiger partial charge on any atom is 0.123 e. The van der Waals surface area contributed by atoms with E-state index in [1.54, 1.807) is 7.11 Å². The summed E-state index contributed by atoms with van der Waals surface area (Å²) < 4.78 is 6.57. The van der Waals surface area contributed by atoms with Gasteiger partial charge in [0.2, 0.25) is 0 Å². The first-order valence-corrected chi connectivity index (χ1v) is 7.42. The summed E-state index contributed by atoms with van der Waals surface area (Å²) in [7, 11) is 1.74. The van der Waals surface area contributed by atoms with Gasteiger partial charge in [-0.1, -0.05) is 29.8 Å². The molecule has 0 radical (unpaired) electrons. The van der Waals surface area contributed by atoms with E-state index in [1.165, 1.54) is 25.1 Å². The maximum atomic E-state index is 5.45. The average Bonchev–Trinajstić information content (AvgIpc) is 2.27. The summed E-state index contributed by atoms with van der Waals surface area (Å²) in [4.78, 5) is 2.54. The number of hydrogen-bond acceptors (Lipinski definition) is 2. The lowest BCUT2D eigenvalue weighted by molar-refractivity contribution is 0.133. The summed E-state index contributed by atoms with van der Waals surface area (Å²) in [5, 5.41) is 0. The molecule has 0 spiro atoms. The Balaban J connectivity index is 2.10. The first-order valence-electron chi connectivity index (χ1n) is 6.63. The molecule has 100 valence electrons. The number of benzene rings is 1. The molecular weight excluding hydrogens is 290 g/mol. The molecule has 2 rings (SSSR count). The standard InChI is InChI=1S/C15H22BrNO/c1-11-6-12(2)9-17(8-11)10-13-7-14(16)4-5-15(13)18-3/h4-5,7,11-12H,6,8-10H2,1-3H3/t11-,12-/m1/s1. The molecule has 1 aliphatic heterocycles. The van der Waals surface area contributed by atoms with Crippen molar-refractivity contribution in [3.05, 3.63) is 28.2 Å². The van der Waals surface area contributed by atoms with Gasteiger partial charge in [-0.3, -0.25) is 4.90 Å². The van der Waals surface area contributed by atoms with E-state index in [4.69, 9.17) is 4.74 Å². The lowest BCUT2D eigenvalue weighted by atomic mass is 9.91. The van der Waals surface area contributed by atoms with E-state index in [0.717, 1.165) is 28.6 Å². The van der Waals surface area contributed by atoms with Gasteiger partial charge < -0.3 is 4.74 Å². The SMILES string of the molecule is COc1ccc(Br)cc1CN1C[C@H](C)C[C@@H](C)C1. The second kappa shape index (κ2) is 6.07. The van der Waals surface area contributed by atoms with Crippen molar-refractivity contribution in [3.63, 3.8) is 0 Å². The van der Waals surface area contributed by atoms with E-state index in [2.05, 4.69) is 40.7 Å². The highest BCUT2D eigenvalue weighted by atomic mass is 79.9. The van der Waals surface area contributed by atoms with Crippen LogP contribution in [0.1, 0.15) is 25.8 Å². The van der Waals surface area contributed by atoms with Crippen LogP contribution in [0.3, 0.4) is 0 Å². The molecule has 1 aliphatic rings. The topological polar surface area (TPSA) is 12.5 Å². The molecule has 1 aromatic carbocycles. The molecule has 3 heteroatoms. The zero-order valence-electron chi connectivity index (χ0n) is 11.4. The third kappa shape index (κ3) is 3.48. The molecule has 0 amide bonds. The Labute approximate surface area is 118 Å². The van der Waals surface area contributed by atoms with Crippen LogP contribution in [0, 0.1) is 11.8 Å². The van der Waals surface area contributed by atoms with Crippen molar-refractivity contribution < 1.29 is 4.74 Å². The quantitative estimate of drug-likeness (QED) is 0.838. The van der Waals surface area contributed by atoms with E-state index >= 15 is 0 Å². The van der Waals surface area contributed by atoms with Crippen molar-refractivity contribution >= 4 is 15.9 Å². The fourth-order valence-electron chi connectivity index (χ4n) is 3.03. The Kier molecular flexibility index (Phi) is 4.68. The third-order valence-corrected chi connectivity index (χ3v) is 4.07. The largest absolute Gasteiger partial charge is 0.496 e. The molecule has 2 nitrogen and oxygen atoms in total. The van der Waals surface area contributed by atoms with Gasteiger partial charge in [0.25, 0.3) is 0 Å². The molecule has 1 saturated heterocycles. The highest BCUT2D eigenvalue weighted by Crippen LogP contribution is 2.27. The predicted octanol–water partition coefficient (Wildman–Crippen LogP) is 3.94. The molecular formula is C15H22BrNO. The number of hydrogen-bond donors (Lipinski definition) is 0. The molecule has 1 fully saturated rings. The van der Waals surface area contributed by atoms with Crippen molar-refractivity contribution in [1.82, 2.24) is 4.90 Å². The summed E-state index contributed by atoms with van der Waals surface area (Å²) >= 11 is 3.54. The van der Waals surface area contributed by atoms with Crippen LogP contribution < -0.4 is 4.74 Å². The number of nitrogens with zero attached hydrogens (tertiary/aromatic N) is 1. The van der Waals surface area contributed by atoms with E-state index in [1.807, 2.05) is 12.1 Å². The monoisotopic (exact) mass is 311 g/mol. The second-order valence-corrected chi connectivity index (χ2v) is 6.51. The fourth-order valence-corrected chi connectivity index (χ4v) is 3.44. The van der Waals surface area contributed by atoms with Crippen LogP contribution in [-0.2, 0) is 6.54 Å². The zero-order valence-corrected chi connectivity index (χ0v) is 13.0. The smallest absolute Gasteiger partial charge is 0.123 e. The zero-order chi connectivity index (χ0) is 13.1.